The molecule has 1 aliphatic carbocycles. The van der Waals surface area contributed by atoms with Crippen molar-refractivity contribution in [2.24, 2.45) is 7.05 Å². The number of hydrogen-bond acceptors (Lipinski definition) is 4. The number of fused-ring (bicyclic) bond motifs is 1. The minimum atomic E-state index is 0.0374. The summed E-state index contributed by atoms with van der Waals surface area (Å²) in [6.07, 6.45) is 2.54. The summed E-state index contributed by atoms with van der Waals surface area (Å²) in [7, 11) is 1.91. The maximum Gasteiger partial charge on any atom is 0.231 e. The van der Waals surface area contributed by atoms with E-state index < -0.39 is 0 Å². The molecule has 1 aromatic carbocycles. The molecule has 0 saturated heterocycles. The van der Waals surface area contributed by atoms with Crippen molar-refractivity contribution in [3.05, 3.63) is 40.7 Å². The first-order chi connectivity index (χ1) is 12.0. The Labute approximate surface area is 147 Å². The maximum atomic E-state index is 12.4. The lowest BCUT2D eigenvalue weighted by Gasteiger charge is -2.17. The SMILES string of the molecule is Cc1nn(C)c(C)c1CC(=O)NCC1(c2ccc3c(c2)OCO3)CC1. The van der Waals surface area contributed by atoms with Crippen molar-refractivity contribution >= 4 is 5.91 Å². The molecule has 0 radical (unpaired) electrons. The summed E-state index contributed by atoms with van der Waals surface area (Å²) in [5.41, 5.74) is 4.24. The Bertz CT molecular complexity index is 837. The van der Waals surface area contributed by atoms with Crippen LogP contribution in [-0.2, 0) is 23.7 Å². The molecule has 1 saturated carbocycles. The highest BCUT2D eigenvalue weighted by molar-refractivity contribution is 5.79. The summed E-state index contributed by atoms with van der Waals surface area (Å²) in [5, 5.41) is 7.49. The second-order valence-corrected chi connectivity index (χ2v) is 7.07. The van der Waals surface area contributed by atoms with Crippen molar-refractivity contribution < 1.29 is 14.3 Å². The van der Waals surface area contributed by atoms with Crippen molar-refractivity contribution in [2.45, 2.75) is 38.5 Å². The van der Waals surface area contributed by atoms with Crippen molar-refractivity contribution in [1.29, 1.82) is 0 Å². The van der Waals surface area contributed by atoms with E-state index >= 15 is 0 Å². The highest BCUT2D eigenvalue weighted by Crippen LogP contribution is 2.49. The number of amides is 1. The Balaban J connectivity index is 1.41. The zero-order chi connectivity index (χ0) is 17.6. The summed E-state index contributed by atoms with van der Waals surface area (Å²) >= 11 is 0. The van der Waals surface area contributed by atoms with Crippen LogP contribution in [0.2, 0.25) is 0 Å². The highest BCUT2D eigenvalue weighted by atomic mass is 16.7. The third kappa shape index (κ3) is 2.86. The van der Waals surface area contributed by atoms with Gasteiger partial charge in [-0.2, -0.15) is 5.10 Å². The van der Waals surface area contributed by atoms with Gasteiger partial charge in [-0.25, -0.2) is 0 Å². The monoisotopic (exact) mass is 341 g/mol. The Hall–Kier alpha value is -2.50. The molecule has 6 heteroatoms. The summed E-state index contributed by atoms with van der Waals surface area (Å²) in [6, 6.07) is 6.10. The number of benzene rings is 1. The van der Waals surface area contributed by atoms with Crippen molar-refractivity contribution in [1.82, 2.24) is 15.1 Å². The van der Waals surface area contributed by atoms with Gasteiger partial charge in [0, 0.05) is 30.3 Å². The fourth-order valence-corrected chi connectivity index (χ4v) is 3.51. The van der Waals surface area contributed by atoms with Gasteiger partial charge in [0.2, 0.25) is 12.7 Å². The predicted molar refractivity (Wildman–Crippen MR) is 92.9 cm³/mol. The van der Waals surface area contributed by atoms with E-state index in [0.29, 0.717) is 13.0 Å². The number of nitrogens with one attached hydrogen (secondary N) is 1. The lowest BCUT2D eigenvalue weighted by Crippen LogP contribution is -2.33. The predicted octanol–water partition coefficient (Wildman–Crippen LogP) is 2.16. The molecule has 1 aliphatic heterocycles. The second kappa shape index (κ2) is 5.79. The second-order valence-electron chi connectivity index (χ2n) is 7.07. The lowest BCUT2D eigenvalue weighted by molar-refractivity contribution is -0.120. The highest BCUT2D eigenvalue weighted by Gasteiger charge is 2.45. The average Bonchev–Trinajstić information content (AvgIpc) is 3.18. The van der Waals surface area contributed by atoms with Gasteiger partial charge < -0.3 is 14.8 Å². The minimum Gasteiger partial charge on any atom is -0.454 e. The first kappa shape index (κ1) is 16.0. The quantitative estimate of drug-likeness (QED) is 0.905. The van der Waals surface area contributed by atoms with Gasteiger partial charge in [0.1, 0.15) is 0 Å². The van der Waals surface area contributed by atoms with Crippen LogP contribution in [0, 0.1) is 13.8 Å². The lowest BCUT2D eigenvalue weighted by atomic mass is 9.95. The van der Waals surface area contributed by atoms with Crippen LogP contribution in [0.1, 0.15) is 35.4 Å². The molecular formula is C19H23N3O3. The van der Waals surface area contributed by atoms with Crippen LogP contribution >= 0.6 is 0 Å². The van der Waals surface area contributed by atoms with Crippen LogP contribution in [0.5, 0.6) is 11.5 Å². The molecule has 0 unspecified atom stereocenters. The normalized spacial score (nSPS) is 16.8. The summed E-state index contributed by atoms with van der Waals surface area (Å²) in [6.45, 7) is 4.89. The van der Waals surface area contributed by atoms with E-state index in [0.717, 1.165) is 41.3 Å². The van der Waals surface area contributed by atoms with Crippen LogP contribution in [0.4, 0.5) is 0 Å². The van der Waals surface area contributed by atoms with Gasteiger partial charge >= 0.3 is 0 Å². The van der Waals surface area contributed by atoms with Gasteiger partial charge in [-0.05, 0) is 44.4 Å². The molecule has 25 heavy (non-hydrogen) atoms. The van der Waals surface area contributed by atoms with E-state index in [1.54, 1.807) is 0 Å². The van der Waals surface area contributed by atoms with Gasteiger partial charge in [-0.15, -0.1) is 0 Å². The Kier molecular flexibility index (Phi) is 3.71. The molecule has 0 spiro atoms. The van der Waals surface area contributed by atoms with Crippen LogP contribution in [-0.4, -0.2) is 29.0 Å². The largest absolute Gasteiger partial charge is 0.454 e. The van der Waals surface area contributed by atoms with Crippen LogP contribution < -0.4 is 14.8 Å². The molecule has 4 rings (SSSR count). The number of aromatic nitrogens is 2. The number of rotatable bonds is 5. The molecule has 6 nitrogen and oxygen atoms in total. The fourth-order valence-electron chi connectivity index (χ4n) is 3.51. The number of nitrogens with zero attached hydrogens (tertiary/aromatic N) is 2. The van der Waals surface area contributed by atoms with E-state index in [4.69, 9.17) is 9.47 Å². The number of carbonyl (C=O) groups is 1. The maximum absolute atomic E-state index is 12.4. The Morgan fingerprint density at radius 3 is 2.72 bits per heavy atom. The van der Waals surface area contributed by atoms with E-state index in [2.05, 4.69) is 22.5 Å². The third-order valence-corrected chi connectivity index (χ3v) is 5.46. The minimum absolute atomic E-state index is 0.0374. The van der Waals surface area contributed by atoms with Gasteiger partial charge in [0.05, 0.1) is 12.1 Å². The van der Waals surface area contributed by atoms with E-state index in [9.17, 15) is 4.79 Å². The fraction of sp³-hybridized carbons (Fsp3) is 0.474. The Morgan fingerprint density at radius 1 is 1.28 bits per heavy atom. The number of hydrogen-bond donors (Lipinski definition) is 1. The molecule has 1 amide bonds. The zero-order valence-electron chi connectivity index (χ0n) is 14.9. The molecule has 132 valence electrons. The van der Waals surface area contributed by atoms with Crippen LogP contribution in [0.25, 0.3) is 0 Å². The molecular weight excluding hydrogens is 318 g/mol. The van der Waals surface area contributed by atoms with E-state index in [-0.39, 0.29) is 18.1 Å². The summed E-state index contributed by atoms with van der Waals surface area (Å²) < 4.78 is 12.7. The molecule has 2 heterocycles. The summed E-state index contributed by atoms with van der Waals surface area (Å²) in [5.74, 6) is 1.65. The topological polar surface area (TPSA) is 65.4 Å². The molecule has 1 aromatic heterocycles. The van der Waals surface area contributed by atoms with E-state index in [1.807, 2.05) is 31.6 Å². The Morgan fingerprint density at radius 2 is 2.04 bits per heavy atom. The van der Waals surface area contributed by atoms with Gasteiger partial charge in [-0.1, -0.05) is 6.07 Å². The molecule has 1 fully saturated rings. The van der Waals surface area contributed by atoms with Crippen molar-refractivity contribution in [3.8, 4) is 11.5 Å². The summed E-state index contributed by atoms with van der Waals surface area (Å²) in [4.78, 5) is 12.4. The van der Waals surface area contributed by atoms with Crippen molar-refractivity contribution in [3.63, 3.8) is 0 Å². The molecule has 0 atom stereocenters. The first-order valence-electron chi connectivity index (χ1n) is 8.64. The van der Waals surface area contributed by atoms with Crippen molar-refractivity contribution in [2.75, 3.05) is 13.3 Å². The van der Waals surface area contributed by atoms with Gasteiger partial charge in [0.25, 0.3) is 0 Å². The number of aryl methyl sites for hydroxylation is 2. The van der Waals surface area contributed by atoms with E-state index in [1.165, 1.54) is 5.56 Å². The number of ether oxygens (including phenoxy) is 2. The van der Waals surface area contributed by atoms with Gasteiger partial charge in [-0.3, -0.25) is 9.48 Å². The van der Waals surface area contributed by atoms with Crippen LogP contribution in [0.3, 0.4) is 0 Å². The van der Waals surface area contributed by atoms with Gasteiger partial charge in [0.15, 0.2) is 11.5 Å². The first-order valence-corrected chi connectivity index (χ1v) is 8.64. The standard InChI is InChI=1S/C19H23N3O3/c1-12-15(13(2)22(3)21-12)9-18(23)20-10-19(6-7-19)14-4-5-16-17(8-14)25-11-24-16/h4-5,8H,6-7,9-11H2,1-3H3,(H,20,23). The molecule has 0 bridgehead atoms. The molecule has 1 N–H and O–H groups in total. The average molecular weight is 341 g/mol. The van der Waals surface area contributed by atoms with Crippen LogP contribution in [0.15, 0.2) is 18.2 Å². The number of carbonyl (C=O) groups excluding carboxylic acids is 1. The molecule has 2 aromatic rings. The zero-order valence-corrected chi connectivity index (χ0v) is 14.9. The third-order valence-electron chi connectivity index (χ3n) is 5.46. The molecule has 2 aliphatic rings. The smallest absolute Gasteiger partial charge is 0.231 e.